The number of nitrogens with zero attached hydrogens (tertiary/aromatic N) is 14. The minimum atomic E-state index is -3.55. The molecule has 13 rings (SSSR count). The summed E-state index contributed by atoms with van der Waals surface area (Å²) in [5, 5.41) is 19.2. The van der Waals surface area contributed by atoms with Crippen LogP contribution < -0.4 is 19.6 Å². The predicted molar refractivity (Wildman–Crippen MR) is 323 cm³/mol. The third kappa shape index (κ3) is 13.4. The summed E-state index contributed by atoms with van der Waals surface area (Å²) >= 11 is 0. The van der Waals surface area contributed by atoms with E-state index >= 15 is 0 Å². The zero-order valence-electron chi connectivity index (χ0n) is 46.8. The van der Waals surface area contributed by atoms with Gasteiger partial charge >= 0.3 is 0 Å². The number of fused-ring (bicyclic) bond motifs is 2. The lowest BCUT2D eigenvalue weighted by Crippen LogP contribution is -2.47. The van der Waals surface area contributed by atoms with E-state index in [1.807, 2.05) is 89.0 Å². The molecule has 0 saturated carbocycles. The highest BCUT2D eigenvalue weighted by molar-refractivity contribution is 8.13. The summed E-state index contributed by atoms with van der Waals surface area (Å²) in [7, 11) is 1.54. The molecule has 432 valence electrons. The Balaban J connectivity index is 0.000000147. The van der Waals surface area contributed by atoms with Crippen LogP contribution in [0.1, 0.15) is 67.8 Å². The van der Waals surface area contributed by atoms with Gasteiger partial charge in [0.15, 0.2) is 11.3 Å². The van der Waals surface area contributed by atoms with Gasteiger partial charge in [0.2, 0.25) is 0 Å². The number of aliphatic hydroxyl groups is 1. The second-order valence-electron chi connectivity index (χ2n) is 21.4. The molecule has 21 heteroatoms. The van der Waals surface area contributed by atoms with E-state index in [1.165, 1.54) is 30.7 Å². The minimum Gasteiger partial charge on any atom is -0.395 e. The van der Waals surface area contributed by atoms with Gasteiger partial charge in [0.25, 0.3) is 9.05 Å². The number of anilines is 4. The summed E-state index contributed by atoms with van der Waals surface area (Å²) in [6, 6.07) is 40.7. The van der Waals surface area contributed by atoms with Crippen LogP contribution in [0.15, 0.2) is 151 Å². The molecule has 4 saturated heterocycles. The van der Waals surface area contributed by atoms with E-state index in [1.54, 1.807) is 36.4 Å². The van der Waals surface area contributed by atoms with Crippen LogP contribution in [0.3, 0.4) is 0 Å². The summed E-state index contributed by atoms with van der Waals surface area (Å²) in [4.78, 5) is 33.3. The molecule has 3 aromatic carbocycles. The van der Waals surface area contributed by atoms with E-state index in [0.29, 0.717) is 6.54 Å². The van der Waals surface area contributed by atoms with Crippen LogP contribution in [-0.2, 0) is 9.05 Å². The molecule has 4 aliphatic rings. The molecule has 0 spiro atoms. The maximum absolute atomic E-state index is 13.9. The molecule has 0 aliphatic carbocycles. The standard InChI is InChI=1S/C28H32FN7.C27H30FN7O.C7H7ClO2S/c1-2-13-33-15-17-34(18-16-33)27-10-4-8-23(31-27)25-20-30-26-11-12-28(32-36(25)26)35-14-5-9-24(35)21-6-3-7-22(29)19-21;28-21-5-1-4-20(18-21)23-7-3-11-34(23)27-10-9-25-29-19-24(35(25)31-27)22-6-2-8-26(30-22)33-14-12-32(13-15-33)16-17-36;1-6-2-4-7(5-3-6)11(8,9)10/h3-4,6-8,10-12,19-20,24H,2,5,9,13-18H2,1H3;1-2,4-6,8-10,18-19,23,36H,3,7,11-17H2;2-5H,1H3/t24-;23-;/m11./s1. The normalized spacial score (nSPS) is 17.9. The van der Waals surface area contributed by atoms with Crippen molar-refractivity contribution in [2.45, 2.75) is 62.9 Å². The van der Waals surface area contributed by atoms with E-state index in [2.05, 4.69) is 58.4 Å². The van der Waals surface area contributed by atoms with Gasteiger partial charge in [-0.1, -0.05) is 61.0 Å². The number of benzene rings is 3. The molecule has 10 heterocycles. The molecule has 0 bridgehead atoms. The van der Waals surface area contributed by atoms with Gasteiger partial charge in [-0.3, -0.25) is 9.80 Å². The van der Waals surface area contributed by atoms with Crippen molar-refractivity contribution in [1.29, 1.82) is 0 Å². The van der Waals surface area contributed by atoms with Crippen molar-refractivity contribution in [2.75, 3.05) is 105 Å². The SMILES string of the molecule is CCCN1CCN(c2cccc(-c3cnc4ccc(N5CCC[C@@H]5c5cccc(F)c5)nn34)n2)CC1.Cc1ccc(S(=O)(=O)Cl)cc1.OCCN1CCN(c2cccc(-c3cnc4ccc(N5CCC[C@@H]5c5cccc(F)c5)nn34)n2)CC1. The zero-order chi connectivity index (χ0) is 57.5. The fourth-order valence-corrected chi connectivity index (χ4v) is 12.4. The fraction of sp³-hybridized carbons (Fsp3) is 0.355. The van der Waals surface area contributed by atoms with Gasteiger partial charge in [-0.15, -0.1) is 10.2 Å². The van der Waals surface area contributed by atoms with Crippen molar-refractivity contribution in [3.05, 3.63) is 174 Å². The lowest BCUT2D eigenvalue weighted by atomic mass is 10.0. The Bertz CT molecular complexity index is 3550. The second-order valence-corrected chi connectivity index (χ2v) is 24.0. The van der Waals surface area contributed by atoms with Crippen molar-refractivity contribution in [1.82, 2.24) is 49.0 Å². The average molecular weight is 1160 g/mol. The van der Waals surface area contributed by atoms with E-state index in [4.69, 9.17) is 30.8 Å². The van der Waals surface area contributed by atoms with Crippen molar-refractivity contribution < 1.29 is 22.3 Å². The molecule has 1 N–H and O–H groups in total. The third-order valence-corrected chi connectivity index (χ3v) is 17.3. The lowest BCUT2D eigenvalue weighted by Gasteiger charge is -2.35. The number of aliphatic hydroxyl groups excluding tert-OH is 1. The van der Waals surface area contributed by atoms with Crippen LogP contribution in [0.5, 0.6) is 0 Å². The predicted octanol–water partition coefficient (Wildman–Crippen LogP) is 10.1. The Morgan fingerprint density at radius 3 is 1.45 bits per heavy atom. The lowest BCUT2D eigenvalue weighted by molar-refractivity contribution is 0.188. The number of aryl methyl sites for hydroxylation is 1. The summed E-state index contributed by atoms with van der Waals surface area (Å²) in [6.07, 6.45) is 8.90. The largest absolute Gasteiger partial charge is 0.395 e. The first-order valence-corrected chi connectivity index (χ1v) is 31.0. The molecule has 6 aromatic heterocycles. The first-order chi connectivity index (χ1) is 40.4. The maximum atomic E-state index is 13.9. The number of piperazine rings is 2. The quantitative estimate of drug-likeness (QED) is 0.109. The third-order valence-electron chi connectivity index (χ3n) is 15.9. The van der Waals surface area contributed by atoms with Crippen LogP contribution in [0.2, 0.25) is 0 Å². The number of imidazole rings is 2. The van der Waals surface area contributed by atoms with Crippen LogP contribution in [0, 0.1) is 18.6 Å². The number of hydrogen-bond donors (Lipinski definition) is 1. The first kappa shape index (κ1) is 57.2. The van der Waals surface area contributed by atoms with Gasteiger partial charge in [0.1, 0.15) is 46.3 Å². The number of hydrogen-bond acceptors (Lipinski definition) is 15. The molecule has 17 nitrogen and oxygen atoms in total. The number of pyridine rings is 2. The zero-order valence-corrected chi connectivity index (χ0v) is 48.4. The molecular weight excluding hydrogens is 1090 g/mol. The molecular formula is C62H69ClF2N14O3S. The summed E-state index contributed by atoms with van der Waals surface area (Å²) in [5.74, 6) is 3.26. The van der Waals surface area contributed by atoms with Gasteiger partial charge in [0, 0.05) is 82.7 Å². The first-order valence-electron chi connectivity index (χ1n) is 28.6. The molecule has 0 radical (unpaired) electrons. The van der Waals surface area contributed by atoms with Gasteiger partial charge in [-0.25, -0.2) is 46.2 Å². The Morgan fingerprint density at radius 1 is 0.554 bits per heavy atom. The summed E-state index contributed by atoms with van der Waals surface area (Å²) in [5.41, 5.74) is 7.94. The summed E-state index contributed by atoms with van der Waals surface area (Å²) < 4.78 is 53.0. The topological polar surface area (TPSA) is 160 Å². The monoisotopic (exact) mass is 1160 g/mol. The molecule has 9 aromatic rings. The average Bonchev–Trinajstić information content (AvgIpc) is 4.26. The highest BCUT2D eigenvalue weighted by Gasteiger charge is 2.30. The van der Waals surface area contributed by atoms with Crippen molar-refractivity contribution >= 4 is 54.3 Å². The van der Waals surface area contributed by atoms with Crippen LogP contribution in [0.4, 0.5) is 32.1 Å². The molecule has 2 atom stereocenters. The number of halogens is 3. The van der Waals surface area contributed by atoms with E-state index in [9.17, 15) is 22.3 Å². The van der Waals surface area contributed by atoms with Crippen molar-refractivity contribution in [3.8, 4) is 22.8 Å². The van der Waals surface area contributed by atoms with Crippen molar-refractivity contribution in [3.63, 3.8) is 0 Å². The van der Waals surface area contributed by atoms with E-state index in [0.717, 1.165) is 172 Å². The van der Waals surface area contributed by atoms with Crippen LogP contribution in [0.25, 0.3) is 34.1 Å². The fourth-order valence-electron chi connectivity index (χ4n) is 11.6. The summed E-state index contributed by atoms with van der Waals surface area (Å²) in [6.45, 7) is 15.6. The van der Waals surface area contributed by atoms with E-state index in [-0.39, 0.29) is 35.2 Å². The van der Waals surface area contributed by atoms with Crippen LogP contribution in [-0.4, -0.2) is 148 Å². The Labute approximate surface area is 487 Å². The Morgan fingerprint density at radius 2 is 1.01 bits per heavy atom. The van der Waals surface area contributed by atoms with Gasteiger partial charge in [-0.2, -0.15) is 0 Å². The molecule has 0 unspecified atom stereocenters. The van der Waals surface area contributed by atoms with E-state index < -0.39 is 9.05 Å². The number of rotatable bonds is 13. The second kappa shape index (κ2) is 25.9. The molecule has 4 aliphatic heterocycles. The molecule has 0 amide bonds. The number of β-amino-alcohol motifs (C(OH)–C–C–N with tert-alkyl or cyclic N) is 1. The van der Waals surface area contributed by atoms with Gasteiger partial charge in [0.05, 0.1) is 47.4 Å². The minimum absolute atomic E-state index is 0.101. The van der Waals surface area contributed by atoms with Gasteiger partial charge in [-0.05, 0) is 142 Å². The van der Waals surface area contributed by atoms with Crippen LogP contribution >= 0.6 is 10.7 Å². The maximum Gasteiger partial charge on any atom is 0.261 e. The Hall–Kier alpha value is -7.62. The highest BCUT2D eigenvalue weighted by atomic mass is 35.7. The molecule has 4 fully saturated rings. The van der Waals surface area contributed by atoms with Crippen molar-refractivity contribution in [2.24, 2.45) is 0 Å². The smallest absolute Gasteiger partial charge is 0.261 e. The molecule has 83 heavy (non-hydrogen) atoms. The Kier molecular flexibility index (Phi) is 17.8. The van der Waals surface area contributed by atoms with Gasteiger partial charge < -0.3 is 24.7 Å². The highest BCUT2D eigenvalue weighted by Crippen LogP contribution is 2.38. The number of aromatic nitrogens is 8.